The summed E-state index contributed by atoms with van der Waals surface area (Å²) in [7, 11) is 3.88. The van der Waals surface area contributed by atoms with E-state index in [-0.39, 0.29) is 11.6 Å². The molecule has 0 aliphatic heterocycles. The Morgan fingerprint density at radius 3 is 2.54 bits per heavy atom. The second-order valence-corrected chi connectivity index (χ2v) is 5.52. The largest absolute Gasteiger partial charge is 0.508 e. The third kappa shape index (κ3) is 5.52. The van der Waals surface area contributed by atoms with E-state index >= 15 is 0 Å². The molecule has 24 heavy (non-hydrogen) atoms. The lowest BCUT2D eigenvalue weighted by molar-refractivity contribution is 0.126. The number of hydrogen-bond acceptors (Lipinski definition) is 4. The van der Waals surface area contributed by atoms with E-state index in [0.29, 0.717) is 17.9 Å². The van der Waals surface area contributed by atoms with Gasteiger partial charge in [0, 0.05) is 12.1 Å². The third-order valence-corrected chi connectivity index (χ3v) is 3.27. The maximum absolute atomic E-state index is 14.0. The summed E-state index contributed by atoms with van der Waals surface area (Å²) in [6.07, 6.45) is 3.49. The molecule has 0 saturated heterocycles. The first-order valence-corrected chi connectivity index (χ1v) is 7.63. The summed E-state index contributed by atoms with van der Waals surface area (Å²) in [4.78, 5) is 7.29. The molecule has 0 spiro atoms. The van der Waals surface area contributed by atoms with Crippen LogP contribution >= 0.6 is 0 Å². The van der Waals surface area contributed by atoms with Crippen molar-refractivity contribution in [1.29, 1.82) is 0 Å². The molecule has 2 rings (SSSR count). The van der Waals surface area contributed by atoms with Crippen molar-refractivity contribution in [2.24, 2.45) is 5.16 Å². The monoisotopic (exact) mass is 328 g/mol. The van der Waals surface area contributed by atoms with Crippen molar-refractivity contribution in [1.82, 2.24) is 4.90 Å². The molecule has 0 atom stereocenters. The summed E-state index contributed by atoms with van der Waals surface area (Å²) in [6.45, 7) is 1.13. The summed E-state index contributed by atoms with van der Waals surface area (Å²) in [6, 6.07) is 13.1. The highest BCUT2D eigenvalue weighted by Gasteiger charge is 2.07. The zero-order valence-corrected chi connectivity index (χ0v) is 13.8. The first-order chi connectivity index (χ1) is 11.6. The number of rotatable bonds is 7. The van der Waals surface area contributed by atoms with Gasteiger partial charge in [0.25, 0.3) is 0 Å². The number of oxime groups is 1. The average molecular weight is 328 g/mol. The first-order valence-electron chi connectivity index (χ1n) is 7.63. The van der Waals surface area contributed by atoms with Crippen LogP contribution in [0.25, 0.3) is 6.08 Å². The van der Waals surface area contributed by atoms with E-state index in [9.17, 15) is 9.50 Å². The third-order valence-electron chi connectivity index (χ3n) is 3.27. The van der Waals surface area contributed by atoms with Crippen LogP contribution in [-0.2, 0) is 4.84 Å². The number of aromatic hydroxyl groups is 1. The fourth-order valence-electron chi connectivity index (χ4n) is 1.94. The van der Waals surface area contributed by atoms with E-state index in [2.05, 4.69) is 5.16 Å². The molecule has 4 nitrogen and oxygen atoms in total. The van der Waals surface area contributed by atoms with Crippen LogP contribution in [0.1, 0.15) is 11.1 Å². The van der Waals surface area contributed by atoms with Crippen molar-refractivity contribution in [2.75, 3.05) is 27.2 Å². The molecule has 0 unspecified atom stereocenters. The van der Waals surface area contributed by atoms with Gasteiger partial charge in [-0.25, -0.2) is 4.39 Å². The fourth-order valence-corrected chi connectivity index (χ4v) is 1.94. The summed E-state index contributed by atoms with van der Waals surface area (Å²) in [5.74, 6) is -0.162. The number of phenols is 1. The number of halogens is 1. The Balaban J connectivity index is 2.20. The van der Waals surface area contributed by atoms with Crippen molar-refractivity contribution >= 4 is 11.8 Å². The van der Waals surface area contributed by atoms with Gasteiger partial charge < -0.3 is 14.8 Å². The second kappa shape index (κ2) is 8.84. The van der Waals surface area contributed by atoms with Gasteiger partial charge in [0.05, 0.1) is 0 Å². The number of benzene rings is 2. The zero-order valence-electron chi connectivity index (χ0n) is 13.8. The number of phenolic OH excluding ortho intramolecular Hbond substituents is 1. The van der Waals surface area contributed by atoms with Crippen molar-refractivity contribution < 1.29 is 14.3 Å². The summed E-state index contributed by atoms with van der Waals surface area (Å²) in [5.41, 5.74) is 1.64. The van der Waals surface area contributed by atoms with Crippen LogP contribution in [0.5, 0.6) is 5.75 Å². The number of likely N-dealkylation sites (N-methyl/N-ethyl adjacent to an activating group) is 1. The van der Waals surface area contributed by atoms with E-state index < -0.39 is 0 Å². The molecule has 2 aromatic carbocycles. The Bertz CT molecular complexity index is 710. The molecule has 2 aromatic rings. The molecule has 0 fully saturated rings. The van der Waals surface area contributed by atoms with Gasteiger partial charge in [-0.05, 0) is 50.0 Å². The van der Waals surface area contributed by atoms with E-state index in [0.717, 1.165) is 12.1 Å². The topological polar surface area (TPSA) is 45.1 Å². The Morgan fingerprint density at radius 2 is 1.88 bits per heavy atom. The van der Waals surface area contributed by atoms with Crippen LogP contribution in [-0.4, -0.2) is 43.0 Å². The smallest absolute Gasteiger partial charge is 0.132 e. The van der Waals surface area contributed by atoms with Crippen molar-refractivity contribution in [3.63, 3.8) is 0 Å². The van der Waals surface area contributed by atoms with Gasteiger partial charge in [-0.2, -0.15) is 0 Å². The molecular weight excluding hydrogens is 307 g/mol. The summed E-state index contributed by atoms with van der Waals surface area (Å²) < 4.78 is 14.0. The minimum atomic E-state index is -0.359. The molecular formula is C19H21FN2O2. The first kappa shape index (κ1) is 17.7. The van der Waals surface area contributed by atoms with Gasteiger partial charge in [0.1, 0.15) is 23.9 Å². The molecule has 1 N–H and O–H groups in total. The number of allylic oxidation sites excluding steroid dienone is 1. The molecule has 0 heterocycles. The average Bonchev–Trinajstić information content (AvgIpc) is 2.56. The highest BCUT2D eigenvalue weighted by atomic mass is 19.1. The van der Waals surface area contributed by atoms with Gasteiger partial charge in [-0.3, -0.25) is 0 Å². The van der Waals surface area contributed by atoms with Crippen LogP contribution in [0.2, 0.25) is 0 Å². The maximum Gasteiger partial charge on any atom is 0.132 e. The lowest BCUT2D eigenvalue weighted by Crippen LogP contribution is -2.17. The minimum absolute atomic E-state index is 0.196. The van der Waals surface area contributed by atoms with Crippen LogP contribution in [0.4, 0.5) is 4.39 Å². The van der Waals surface area contributed by atoms with E-state index in [1.807, 2.05) is 19.0 Å². The van der Waals surface area contributed by atoms with Crippen LogP contribution in [0.15, 0.2) is 59.8 Å². The Hall–Kier alpha value is -2.66. The van der Waals surface area contributed by atoms with Crippen molar-refractivity contribution in [3.8, 4) is 5.75 Å². The van der Waals surface area contributed by atoms with Gasteiger partial charge in [0.15, 0.2) is 0 Å². The Labute approximate surface area is 141 Å². The SMILES string of the molecule is CN(C)CCO/N=C(/C=Cc1ccc(O)cc1)c1ccccc1F. The number of hydrogen-bond donors (Lipinski definition) is 1. The standard InChI is InChI=1S/C19H21FN2O2/c1-22(2)13-14-24-21-19(17-5-3-4-6-18(17)20)12-9-15-7-10-16(23)11-8-15/h3-12,23H,13-14H2,1-2H3/b12-9?,21-19-. The number of nitrogens with zero attached hydrogens (tertiary/aromatic N) is 2. The predicted octanol–water partition coefficient (Wildman–Crippen LogP) is 3.53. The quantitative estimate of drug-likeness (QED) is 0.480. The molecule has 5 heteroatoms. The maximum atomic E-state index is 14.0. The lowest BCUT2D eigenvalue weighted by Gasteiger charge is -2.08. The highest BCUT2D eigenvalue weighted by molar-refractivity contribution is 6.10. The molecule has 0 amide bonds. The van der Waals surface area contributed by atoms with E-state index in [1.54, 1.807) is 54.6 Å². The zero-order chi connectivity index (χ0) is 17.4. The molecule has 0 saturated carbocycles. The lowest BCUT2D eigenvalue weighted by atomic mass is 10.1. The Kier molecular flexibility index (Phi) is 6.51. The second-order valence-electron chi connectivity index (χ2n) is 5.52. The van der Waals surface area contributed by atoms with Gasteiger partial charge in [0.2, 0.25) is 0 Å². The molecule has 0 aliphatic rings. The fraction of sp³-hybridized carbons (Fsp3) is 0.211. The molecule has 126 valence electrons. The highest BCUT2D eigenvalue weighted by Crippen LogP contribution is 2.13. The summed E-state index contributed by atoms with van der Waals surface area (Å²) >= 11 is 0. The van der Waals surface area contributed by atoms with Crippen LogP contribution in [0, 0.1) is 5.82 Å². The predicted molar refractivity (Wildman–Crippen MR) is 94.6 cm³/mol. The van der Waals surface area contributed by atoms with Gasteiger partial charge in [-0.1, -0.05) is 35.5 Å². The normalized spacial score (nSPS) is 12.1. The van der Waals surface area contributed by atoms with Crippen LogP contribution < -0.4 is 0 Å². The molecule has 0 aliphatic carbocycles. The molecule has 0 aromatic heterocycles. The van der Waals surface area contributed by atoms with Crippen molar-refractivity contribution in [3.05, 3.63) is 71.6 Å². The molecule has 0 bridgehead atoms. The van der Waals surface area contributed by atoms with E-state index in [1.165, 1.54) is 6.07 Å². The minimum Gasteiger partial charge on any atom is -0.508 e. The van der Waals surface area contributed by atoms with Crippen molar-refractivity contribution in [2.45, 2.75) is 0 Å². The van der Waals surface area contributed by atoms with Gasteiger partial charge >= 0.3 is 0 Å². The van der Waals surface area contributed by atoms with Gasteiger partial charge in [-0.15, -0.1) is 0 Å². The van der Waals surface area contributed by atoms with Crippen LogP contribution in [0.3, 0.4) is 0 Å². The summed E-state index contributed by atoms with van der Waals surface area (Å²) in [5, 5.41) is 13.4. The Morgan fingerprint density at radius 1 is 1.17 bits per heavy atom. The van der Waals surface area contributed by atoms with E-state index in [4.69, 9.17) is 4.84 Å². The molecule has 0 radical (unpaired) electrons.